The summed E-state index contributed by atoms with van der Waals surface area (Å²) in [5.74, 6) is -0.789. The molecule has 0 aliphatic rings. The highest BCUT2D eigenvalue weighted by Gasteiger charge is 2.34. The second kappa shape index (κ2) is 6.29. The molecule has 0 bridgehead atoms. The van der Waals surface area contributed by atoms with Gasteiger partial charge in [0.2, 0.25) is 0 Å². The molecule has 25 heavy (non-hydrogen) atoms. The van der Waals surface area contributed by atoms with E-state index in [2.05, 4.69) is 9.46 Å². The molecule has 0 fully saturated rings. The number of hydrogen-bond acceptors (Lipinski definition) is 3. The summed E-state index contributed by atoms with van der Waals surface area (Å²) < 4.78 is 68.9. The minimum atomic E-state index is -4.99. The number of ether oxygens (including phenoxy) is 1. The monoisotopic (exact) mass is 367 g/mol. The Hall–Kier alpha value is -2.74. The highest BCUT2D eigenvalue weighted by molar-refractivity contribution is 7.92. The highest BCUT2D eigenvalue weighted by Crippen LogP contribution is 2.32. The van der Waals surface area contributed by atoms with Gasteiger partial charge >= 0.3 is 6.36 Å². The van der Waals surface area contributed by atoms with Gasteiger partial charge in [0.15, 0.2) is 0 Å². The van der Waals surface area contributed by atoms with E-state index in [4.69, 9.17) is 0 Å². The fourth-order valence-corrected chi connectivity index (χ4v) is 3.61. The second-order valence-electron chi connectivity index (χ2n) is 5.13. The molecule has 0 radical (unpaired) electrons. The van der Waals surface area contributed by atoms with Gasteiger partial charge in [0.05, 0.1) is 5.69 Å². The quantitative estimate of drug-likeness (QED) is 0.737. The summed E-state index contributed by atoms with van der Waals surface area (Å²) in [6.07, 6.45) is -4.99. The van der Waals surface area contributed by atoms with Crippen LogP contribution in [0.3, 0.4) is 0 Å². The van der Waals surface area contributed by atoms with E-state index in [0.29, 0.717) is 5.39 Å². The lowest BCUT2D eigenvalue weighted by atomic mass is 10.1. The lowest BCUT2D eigenvalue weighted by Gasteiger charge is -2.15. The average molecular weight is 367 g/mol. The molecule has 0 amide bonds. The summed E-state index contributed by atoms with van der Waals surface area (Å²) in [6, 6.07) is 16.6. The van der Waals surface area contributed by atoms with Crippen molar-refractivity contribution < 1.29 is 26.3 Å². The van der Waals surface area contributed by atoms with Crippen LogP contribution in [0.5, 0.6) is 5.75 Å². The first kappa shape index (κ1) is 17.1. The number of hydrogen-bond donors (Lipinski definition) is 1. The fourth-order valence-electron chi connectivity index (χ4n) is 2.40. The second-order valence-corrected chi connectivity index (χ2v) is 6.78. The van der Waals surface area contributed by atoms with Gasteiger partial charge in [0, 0.05) is 5.39 Å². The maximum Gasteiger partial charge on any atom is 0.573 e. The Labute approximate surface area is 141 Å². The van der Waals surface area contributed by atoms with Crippen molar-refractivity contribution in [3.63, 3.8) is 0 Å². The Morgan fingerprint density at radius 1 is 0.840 bits per heavy atom. The normalized spacial score (nSPS) is 12.1. The lowest BCUT2D eigenvalue weighted by molar-refractivity contribution is -0.275. The van der Waals surface area contributed by atoms with Gasteiger partial charge in [-0.15, -0.1) is 13.2 Å². The molecule has 0 aliphatic carbocycles. The van der Waals surface area contributed by atoms with E-state index in [1.54, 1.807) is 36.4 Å². The van der Waals surface area contributed by atoms with Crippen LogP contribution >= 0.6 is 0 Å². The summed E-state index contributed by atoms with van der Waals surface area (Å²) in [5.41, 5.74) is 0.264. The van der Waals surface area contributed by atoms with Crippen molar-refractivity contribution >= 4 is 26.5 Å². The third-order valence-corrected chi connectivity index (χ3v) is 4.80. The summed E-state index contributed by atoms with van der Waals surface area (Å²) in [6.45, 7) is 0. The number of sulfonamides is 1. The van der Waals surface area contributed by atoms with E-state index in [0.717, 1.165) is 17.5 Å². The Bertz CT molecular complexity index is 1010. The molecule has 0 aromatic heterocycles. The first-order valence-corrected chi connectivity index (χ1v) is 8.60. The maximum atomic E-state index is 12.6. The van der Waals surface area contributed by atoms with Crippen LogP contribution in [0.25, 0.3) is 10.8 Å². The van der Waals surface area contributed by atoms with Gasteiger partial charge in [0.25, 0.3) is 10.0 Å². The van der Waals surface area contributed by atoms with Crippen molar-refractivity contribution in [3.05, 3.63) is 66.7 Å². The molecule has 130 valence electrons. The van der Waals surface area contributed by atoms with Crippen molar-refractivity contribution in [3.8, 4) is 5.75 Å². The molecule has 3 rings (SSSR count). The number of nitrogens with one attached hydrogen (secondary N) is 1. The number of benzene rings is 3. The van der Waals surface area contributed by atoms with Crippen LogP contribution in [0.2, 0.25) is 0 Å². The Morgan fingerprint density at radius 2 is 1.48 bits per heavy atom. The number of halogens is 3. The smallest absolute Gasteiger partial charge is 0.404 e. The molecule has 4 nitrogen and oxygen atoms in total. The fraction of sp³-hybridized carbons (Fsp3) is 0.0588. The number of alkyl halides is 3. The number of para-hydroxylation sites is 1. The standard InChI is InChI=1S/C17H12F3NO3S/c18-17(19,20)24-15-10-3-4-11-16(15)25(22,23)21-14-9-5-7-12-6-1-2-8-13(12)14/h1-11,21H. The molecule has 0 saturated heterocycles. The molecule has 0 saturated carbocycles. The minimum Gasteiger partial charge on any atom is -0.404 e. The molecule has 3 aromatic carbocycles. The van der Waals surface area contributed by atoms with Crippen molar-refractivity contribution in [2.75, 3.05) is 4.72 Å². The van der Waals surface area contributed by atoms with Gasteiger partial charge in [-0.1, -0.05) is 48.5 Å². The van der Waals surface area contributed by atoms with Gasteiger partial charge in [-0.3, -0.25) is 4.72 Å². The number of rotatable bonds is 4. The molecular formula is C17H12F3NO3S. The summed E-state index contributed by atoms with van der Waals surface area (Å²) in [4.78, 5) is -0.597. The predicted molar refractivity (Wildman–Crippen MR) is 87.9 cm³/mol. The van der Waals surface area contributed by atoms with Crippen LogP contribution in [0.1, 0.15) is 0 Å². The van der Waals surface area contributed by atoms with Crippen molar-refractivity contribution in [1.82, 2.24) is 0 Å². The maximum absolute atomic E-state index is 12.6. The van der Waals surface area contributed by atoms with Crippen LogP contribution in [-0.4, -0.2) is 14.8 Å². The van der Waals surface area contributed by atoms with Crippen LogP contribution in [0.4, 0.5) is 18.9 Å². The zero-order valence-corrected chi connectivity index (χ0v) is 13.4. The van der Waals surface area contributed by atoms with Crippen LogP contribution < -0.4 is 9.46 Å². The Balaban J connectivity index is 2.03. The van der Waals surface area contributed by atoms with Gasteiger partial charge in [-0.05, 0) is 23.6 Å². The van der Waals surface area contributed by atoms with E-state index in [9.17, 15) is 21.6 Å². The molecule has 0 spiro atoms. The van der Waals surface area contributed by atoms with Crippen molar-refractivity contribution in [1.29, 1.82) is 0 Å². The first-order chi connectivity index (χ1) is 11.8. The SMILES string of the molecule is O=S(=O)(Nc1cccc2ccccc12)c1ccccc1OC(F)(F)F. The van der Waals surface area contributed by atoms with E-state index in [1.165, 1.54) is 18.2 Å². The van der Waals surface area contributed by atoms with Crippen LogP contribution in [0, 0.1) is 0 Å². The van der Waals surface area contributed by atoms with Gasteiger partial charge in [-0.2, -0.15) is 0 Å². The zero-order chi connectivity index (χ0) is 18.1. The largest absolute Gasteiger partial charge is 0.573 e. The Kier molecular flexibility index (Phi) is 4.30. The molecule has 0 unspecified atom stereocenters. The summed E-state index contributed by atoms with van der Waals surface area (Å²) >= 11 is 0. The van der Waals surface area contributed by atoms with E-state index >= 15 is 0 Å². The summed E-state index contributed by atoms with van der Waals surface area (Å²) in [7, 11) is -4.28. The third kappa shape index (κ3) is 3.85. The van der Waals surface area contributed by atoms with E-state index in [-0.39, 0.29) is 5.69 Å². The van der Waals surface area contributed by atoms with Gasteiger partial charge in [-0.25, -0.2) is 8.42 Å². The zero-order valence-electron chi connectivity index (χ0n) is 12.6. The third-order valence-electron chi connectivity index (χ3n) is 3.40. The number of anilines is 1. The van der Waals surface area contributed by atoms with E-state index < -0.39 is 27.0 Å². The van der Waals surface area contributed by atoms with Crippen molar-refractivity contribution in [2.24, 2.45) is 0 Å². The molecule has 0 atom stereocenters. The summed E-state index contributed by atoms with van der Waals surface area (Å²) in [5, 5.41) is 1.42. The highest BCUT2D eigenvalue weighted by atomic mass is 32.2. The topological polar surface area (TPSA) is 55.4 Å². The van der Waals surface area contributed by atoms with E-state index in [1.807, 2.05) is 0 Å². The molecular weight excluding hydrogens is 355 g/mol. The molecule has 3 aromatic rings. The average Bonchev–Trinajstić information content (AvgIpc) is 2.54. The minimum absolute atomic E-state index is 0.264. The molecule has 0 heterocycles. The Morgan fingerprint density at radius 3 is 2.24 bits per heavy atom. The molecule has 1 N–H and O–H groups in total. The van der Waals surface area contributed by atoms with Crippen LogP contribution in [0.15, 0.2) is 71.6 Å². The van der Waals surface area contributed by atoms with Crippen molar-refractivity contribution in [2.45, 2.75) is 11.3 Å². The lowest BCUT2D eigenvalue weighted by Crippen LogP contribution is -2.20. The number of fused-ring (bicyclic) bond motifs is 1. The molecule has 8 heteroatoms. The predicted octanol–water partition coefficient (Wildman–Crippen LogP) is 4.54. The van der Waals surface area contributed by atoms with Crippen LogP contribution in [-0.2, 0) is 10.0 Å². The van der Waals surface area contributed by atoms with Gasteiger partial charge in [0.1, 0.15) is 10.6 Å². The molecule has 0 aliphatic heterocycles. The first-order valence-electron chi connectivity index (χ1n) is 7.12. The van der Waals surface area contributed by atoms with Gasteiger partial charge < -0.3 is 4.74 Å².